The first kappa shape index (κ1) is 24.2. The number of rotatable bonds is 6. The molecule has 1 fully saturated rings. The summed E-state index contributed by atoms with van der Waals surface area (Å²) in [6.07, 6.45) is 2.31. The average Bonchev–Trinajstić information content (AvgIpc) is 2.82. The molecule has 8 heteroatoms. The predicted molar refractivity (Wildman–Crippen MR) is 142 cm³/mol. The zero-order chi connectivity index (χ0) is 24.2. The fourth-order valence-electron chi connectivity index (χ4n) is 3.47. The van der Waals surface area contributed by atoms with Crippen molar-refractivity contribution in [2.24, 2.45) is 0 Å². The lowest BCUT2D eigenvalue weighted by Gasteiger charge is -2.26. The van der Waals surface area contributed by atoms with E-state index in [1.807, 2.05) is 55.5 Å². The standard InChI is InChI=1S/C26H20BrIN2O4/c1-2-16-8-10-19(11-9-16)30-25(32)20(24(31)29-26(30)33)12-18-13-21(27)23(22(28)14-18)34-15-17-6-4-3-5-7-17/h3-14H,2,15H2,1H3,(H,29,31,33)/b20-12-. The molecular weight excluding hydrogens is 611 g/mol. The molecule has 6 nitrogen and oxygen atoms in total. The quantitative estimate of drug-likeness (QED) is 0.210. The predicted octanol–water partition coefficient (Wildman–Crippen LogP) is 5.86. The Morgan fingerprint density at radius 2 is 1.71 bits per heavy atom. The van der Waals surface area contributed by atoms with Crippen molar-refractivity contribution in [3.05, 3.63) is 97.0 Å². The number of halogens is 2. The van der Waals surface area contributed by atoms with Gasteiger partial charge in [0.25, 0.3) is 11.8 Å². The van der Waals surface area contributed by atoms with Crippen LogP contribution >= 0.6 is 38.5 Å². The van der Waals surface area contributed by atoms with Gasteiger partial charge in [-0.1, -0.05) is 49.4 Å². The Bertz CT molecular complexity index is 1270. The summed E-state index contributed by atoms with van der Waals surface area (Å²) >= 11 is 5.68. The summed E-state index contributed by atoms with van der Waals surface area (Å²) in [5.74, 6) is -0.737. The molecule has 0 bridgehead atoms. The average molecular weight is 631 g/mol. The topological polar surface area (TPSA) is 75.7 Å². The number of nitrogens with zero attached hydrogens (tertiary/aromatic N) is 1. The van der Waals surface area contributed by atoms with E-state index in [1.54, 1.807) is 18.2 Å². The van der Waals surface area contributed by atoms with E-state index in [0.29, 0.717) is 28.1 Å². The number of carbonyl (C=O) groups excluding carboxylic acids is 3. The van der Waals surface area contributed by atoms with Gasteiger partial charge in [-0.25, -0.2) is 9.69 Å². The molecule has 34 heavy (non-hydrogen) atoms. The molecule has 0 aliphatic carbocycles. The van der Waals surface area contributed by atoms with E-state index in [-0.39, 0.29) is 5.57 Å². The van der Waals surface area contributed by atoms with E-state index in [1.165, 1.54) is 6.08 Å². The van der Waals surface area contributed by atoms with Crippen LogP contribution in [0.4, 0.5) is 10.5 Å². The molecule has 1 heterocycles. The van der Waals surface area contributed by atoms with Crippen LogP contribution in [0.25, 0.3) is 6.08 Å². The second kappa shape index (κ2) is 10.5. The third-order valence-corrected chi connectivity index (χ3v) is 6.65. The molecule has 172 valence electrons. The third kappa shape index (κ3) is 5.23. The number of hydrogen-bond donors (Lipinski definition) is 1. The molecule has 0 unspecified atom stereocenters. The number of anilines is 1. The summed E-state index contributed by atoms with van der Waals surface area (Å²) < 4.78 is 7.47. The highest BCUT2D eigenvalue weighted by atomic mass is 127. The van der Waals surface area contributed by atoms with Gasteiger partial charge >= 0.3 is 6.03 Å². The molecule has 0 aromatic heterocycles. The lowest BCUT2D eigenvalue weighted by molar-refractivity contribution is -0.122. The van der Waals surface area contributed by atoms with Gasteiger partial charge < -0.3 is 4.74 Å². The molecule has 0 spiro atoms. The van der Waals surface area contributed by atoms with Gasteiger partial charge in [-0.05, 0) is 92.0 Å². The Morgan fingerprint density at radius 3 is 2.35 bits per heavy atom. The number of urea groups is 1. The summed E-state index contributed by atoms with van der Waals surface area (Å²) in [6, 6.07) is 19.7. The lowest BCUT2D eigenvalue weighted by Crippen LogP contribution is -2.54. The van der Waals surface area contributed by atoms with Gasteiger partial charge in [-0.3, -0.25) is 14.9 Å². The number of barbiturate groups is 1. The van der Waals surface area contributed by atoms with Crippen LogP contribution in [0.2, 0.25) is 0 Å². The fraction of sp³-hybridized carbons (Fsp3) is 0.115. The Hall–Kier alpha value is -2.98. The Labute approximate surface area is 219 Å². The molecule has 0 atom stereocenters. The van der Waals surface area contributed by atoms with E-state index in [0.717, 1.165) is 26.0 Å². The zero-order valence-corrected chi connectivity index (χ0v) is 21.9. The Morgan fingerprint density at radius 1 is 1.00 bits per heavy atom. The van der Waals surface area contributed by atoms with Gasteiger partial charge in [-0.15, -0.1) is 0 Å². The number of imide groups is 2. The maximum atomic E-state index is 13.1. The number of nitrogens with one attached hydrogen (secondary N) is 1. The molecule has 0 saturated carbocycles. The molecule has 1 N–H and O–H groups in total. The van der Waals surface area contributed by atoms with E-state index in [2.05, 4.69) is 43.8 Å². The number of ether oxygens (including phenoxy) is 1. The molecule has 4 rings (SSSR count). The summed E-state index contributed by atoms with van der Waals surface area (Å²) in [6.45, 7) is 2.43. The van der Waals surface area contributed by atoms with Crippen molar-refractivity contribution >= 4 is 68.1 Å². The minimum absolute atomic E-state index is 0.125. The summed E-state index contributed by atoms with van der Waals surface area (Å²) in [7, 11) is 0. The van der Waals surface area contributed by atoms with Crippen molar-refractivity contribution in [2.45, 2.75) is 20.0 Å². The number of aryl methyl sites for hydroxylation is 1. The first-order chi connectivity index (χ1) is 16.4. The Kier molecular flexibility index (Phi) is 7.47. The van der Waals surface area contributed by atoms with Crippen LogP contribution in [0.15, 0.2) is 76.8 Å². The fourth-order valence-corrected chi connectivity index (χ4v) is 5.24. The van der Waals surface area contributed by atoms with Gasteiger partial charge in [-0.2, -0.15) is 0 Å². The van der Waals surface area contributed by atoms with E-state index in [9.17, 15) is 14.4 Å². The van der Waals surface area contributed by atoms with Crippen LogP contribution in [0, 0.1) is 3.57 Å². The van der Waals surface area contributed by atoms with Crippen molar-refractivity contribution in [1.29, 1.82) is 0 Å². The first-order valence-electron chi connectivity index (χ1n) is 10.5. The summed E-state index contributed by atoms with van der Waals surface area (Å²) in [5.41, 5.74) is 3.02. The van der Waals surface area contributed by atoms with Gasteiger partial charge in [0.1, 0.15) is 17.9 Å². The van der Waals surface area contributed by atoms with Crippen LogP contribution in [0.3, 0.4) is 0 Å². The number of hydrogen-bond acceptors (Lipinski definition) is 4. The number of amides is 4. The highest BCUT2D eigenvalue weighted by Crippen LogP contribution is 2.34. The van der Waals surface area contributed by atoms with Crippen molar-refractivity contribution in [3.63, 3.8) is 0 Å². The van der Waals surface area contributed by atoms with Crippen LogP contribution in [-0.4, -0.2) is 17.8 Å². The van der Waals surface area contributed by atoms with Crippen molar-refractivity contribution < 1.29 is 19.1 Å². The smallest absolute Gasteiger partial charge is 0.335 e. The molecule has 1 aliphatic heterocycles. The van der Waals surface area contributed by atoms with E-state index < -0.39 is 17.8 Å². The summed E-state index contributed by atoms with van der Waals surface area (Å²) in [4.78, 5) is 39.1. The SMILES string of the molecule is CCc1ccc(N2C(=O)NC(=O)/C(=C/c3cc(Br)c(OCc4ccccc4)c(I)c3)C2=O)cc1. The van der Waals surface area contributed by atoms with Crippen LogP contribution in [0.1, 0.15) is 23.6 Å². The molecular formula is C26H20BrIN2O4. The lowest BCUT2D eigenvalue weighted by atomic mass is 10.1. The van der Waals surface area contributed by atoms with Gasteiger partial charge in [0.15, 0.2) is 0 Å². The van der Waals surface area contributed by atoms with Crippen molar-refractivity contribution in [3.8, 4) is 5.75 Å². The zero-order valence-electron chi connectivity index (χ0n) is 18.2. The van der Waals surface area contributed by atoms with Crippen molar-refractivity contribution in [2.75, 3.05) is 4.90 Å². The minimum atomic E-state index is -0.767. The molecule has 3 aromatic rings. The third-order valence-electron chi connectivity index (χ3n) is 5.26. The molecule has 1 aliphatic rings. The maximum absolute atomic E-state index is 13.1. The van der Waals surface area contributed by atoms with Crippen LogP contribution in [0.5, 0.6) is 5.75 Å². The molecule has 3 aromatic carbocycles. The van der Waals surface area contributed by atoms with Gasteiger partial charge in [0.2, 0.25) is 0 Å². The second-order valence-corrected chi connectivity index (χ2v) is 9.58. The van der Waals surface area contributed by atoms with Crippen LogP contribution < -0.4 is 15.0 Å². The highest BCUT2D eigenvalue weighted by Gasteiger charge is 2.36. The monoisotopic (exact) mass is 630 g/mol. The first-order valence-corrected chi connectivity index (χ1v) is 12.4. The number of carbonyl (C=O) groups is 3. The summed E-state index contributed by atoms with van der Waals surface area (Å²) in [5, 5.41) is 2.26. The van der Waals surface area contributed by atoms with E-state index >= 15 is 0 Å². The van der Waals surface area contributed by atoms with Gasteiger partial charge in [0, 0.05) is 0 Å². The Balaban J connectivity index is 1.60. The highest BCUT2D eigenvalue weighted by molar-refractivity contribution is 14.1. The largest absolute Gasteiger partial charge is 0.487 e. The number of benzene rings is 3. The van der Waals surface area contributed by atoms with Gasteiger partial charge in [0.05, 0.1) is 13.7 Å². The van der Waals surface area contributed by atoms with Crippen molar-refractivity contribution in [1.82, 2.24) is 5.32 Å². The van der Waals surface area contributed by atoms with Crippen LogP contribution in [-0.2, 0) is 22.6 Å². The molecule has 0 radical (unpaired) electrons. The molecule has 4 amide bonds. The van der Waals surface area contributed by atoms with E-state index in [4.69, 9.17) is 4.74 Å². The maximum Gasteiger partial charge on any atom is 0.335 e. The molecule has 1 saturated heterocycles. The second-order valence-electron chi connectivity index (χ2n) is 7.57. The normalized spacial score (nSPS) is 15.0. The minimum Gasteiger partial charge on any atom is -0.487 e.